The van der Waals surface area contributed by atoms with Crippen molar-refractivity contribution in [2.75, 3.05) is 0 Å². The number of allylic oxidation sites excluding steroid dienone is 2. The lowest BCUT2D eigenvalue weighted by atomic mass is 9.76. The SMILES string of the molecule is Cc1cc(C)c2c(c1)/C(=C1/CCCc3c(C)cc(C)cc31)CCC2. The first-order chi connectivity index (χ1) is 11.5. The fourth-order valence-electron chi connectivity index (χ4n) is 4.98. The third-order valence-electron chi connectivity index (χ3n) is 5.96. The van der Waals surface area contributed by atoms with Gasteiger partial charge in [0.2, 0.25) is 0 Å². The minimum atomic E-state index is 1.25. The average Bonchev–Trinajstić information content (AvgIpc) is 2.54. The Balaban J connectivity index is 1.99. The van der Waals surface area contributed by atoms with Crippen LogP contribution >= 0.6 is 0 Å². The predicted octanol–water partition coefficient (Wildman–Crippen LogP) is 6.50. The van der Waals surface area contributed by atoms with Gasteiger partial charge in [0, 0.05) is 0 Å². The molecular weight excluding hydrogens is 288 g/mol. The molecule has 0 heteroatoms. The number of aryl methyl sites for hydroxylation is 4. The van der Waals surface area contributed by atoms with E-state index < -0.39 is 0 Å². The molecule has 0 saturated heterocycles. The monoisotopic (exact) mass is 316 g/mol. The van der Waals surface area contributed by atoms with Crippen LogP contribution in [0.5, 0.6) is 0 Å². The highest BCUT2D eigenvalue weighted by molar-refractivity contribution is 5.94. The van der Waals surface area contributed by atoms with Crippen molar-refractivity contribution in [3.8, 4) is 0 Å². The Morgan fingerprint density at radius 2 is 0.958 bits per heavy atom. The van der Waals surface area contributed by atoms with Gasteiger partial charge >= 0.3 is 0 Å². The number of rotatable bonds is 0. The summed E-state index contributed by atoms with van der Waals surface area (Å²) in [5.41, 5.74) is 15.4. The van der Waals surface area contributed by atoms with E-state index >= 15 is 0 Å². The molecule has 124 valence electrons. The maximum Gasteiger partial charge on any atom is -0.0184 e. The molecule has 2 aromatic rings. The van der Waals surface area contributed by atoms with Gasteiger partial charge in [-0.2, -0.15) is 0 Å². The van der Waals surface area contributed by atoms with Crippen LogP contribution in [-0.4, -0.2) is 0 Å². The summed E-state index contributed by atoms with van der Waals surface area (Å²) in [7, 11) is 0. The molecule has 2 aromatic carbocycles. The van der Waals surface area contributed by atoms with E-state index in [0.29, 0.717) is 0 Å². The first kappa shape index (κ1) is 15.7. The number of fused-ring (bicyclic) bond motifs is 2. The van der Waals surface area contributed by atoms with Gasteiger partial charge in [-0.3, -0.25) is 0 Å². The zero-order valence-corrected chi connectivity index (χ0v) is 15.6. The van der Waals surface area contributed by atoms with Crippen molar-refractivity contribution in [3.63, 3.8) is 0 Å². The van der Waals surface area contributed by atoms with E-state index in [2.05, 4.69) is 52.0 Å². The molecule has 0 fully saturated rings. The Morgan fingerprint density at radius 3 is 1.38 bits per heavy atom. The second-order valence-corrected chi connectivity index (χ2v) is 7.88. The summed E-state index contributed by atoms with van der Waals surface area (Å²) in [6, 6.07) is 9.60. The molecule has 0 heterocycles. The lowest BCUT2D eigenvalue weighted by molar-refractivity contribution is 0.792. The van der Waals surface area contributed by atoms with Crippen molar-refractivity contribution in [2.45, 2.75) is 66.2 Å². The molecule has 2 aliphatic rings. The summed E-state index contributed by atoms with van der Waals surface area (Å²) < 4.78 is 0. The maximum atomic E-state index is 2.45. The summed E-state index contributed by atoms with van der Waals surface area (Å²) in [6.45, 7) is 9.08. The van der Waals surface area contributed by atoms with Crippen molar-refractivity contribution >= 4 is 11.1 Å². The minimum Gasteiger partial charge on any atom is -0.0561 e. The molecule has 0 unspecified atom stereocenters. The normalized spacial score (nSPS) is 19.8. The van der Waals surface area contributed by atoms with Gasteiger partial charge in [0.25, 0.3) is 0 Å². The third-order valence-corrected chi connectivity index (χ3v) is 5.96. The molecular formula is C24H28. The molecule has 0 aliphatic heterocycles. The lowest BCUT2D eigenvalue weighted by Crippen LogP contribution is -2.11. The smallest absolute Gasteiger partial charge is 0.0184 e. The van der Waals surface area contributed by atoms with Crippen LogP contribution in [0.2, 0.25) is 0 Å². The molecule has 0 radical (unpaired) electrons. The quantitative estimate of drug-likeness (QED) is 0.520. The summed E-state index contributed by atoms with van der Waals surface area (Å²) in [5.74, 6) is 0. The molecule has 0 bridgehead atoms. The van der Waals surface area contributed by atoms with Crippen LogP contribution in [0.25, 0.3) is 11.1 Å². The highest BCUT2D eigenvalue weighted by Crippen LogP contribution is 2.43. The zero-order chi connectivity index (χ0) is 16.8. The van der Waals surface area contributed by atoms with E-state index in [1.165, 1.54) is 60.8 Å². The summed E-state index contributed by atoms with van der Waals surface area (Å²) in [6.07, 6.45) is 7.59. The minimum absolute atomic E-state index is 1.25. The second-order valence-electron chi connectivity index (χ2n) is 7.88. The molecule has 0 saturated carbocycles. The Kier molecular flexibility index (Phi) is 3.87. The zero-order valence-electron chi connectivity index (χ0n) is 15.6. The molecule has 0 amide bonds. The van der Waals surface area contributed by atoms with Crippen LogP contribution in [0.15, 0.2) is 24.3 Å². The highest BCUT2D eigenvalue weighted by atomic mass is 14.3. The molecule has 2 aliphatic carbocycles. The van der Waals surface area contributed by atoms with Gasteiger partial charge in [-0.05, 0) is 111 Å². The summed E-state index contributed by atoms with van der Waals surface area (Å²) in [4.78, 5) is 0. The van der Waals surface area contributed by atoms with Crippen LogP contribution in [0, 0.1) is 27.7 Å². The van der Waals surface area contributed by atoms with Crippen molar-refractivity contribution in [2.24, 2.45) is 0 Å². The number of hydrogen-bond acceptors (Lipinski definition) is 0. The van der Waals surface area contributed by atoms with Gasteiger partial charge < -0.3 is 0 Å². The van der Waals surface area contributed by atoms with Crippen LogP contribution in [-0.2, 0) is 12.8 Å². The molecule has 0 nitrogen and oxygen atoms in total. The van der Waals surface area contributed by atoms with Gasteiger partial charge in [-0.1, -0.05) is 35.4 Å². The first-order valence-electron chi connectivity index (χ1n) is 9.47. The van der Waals surface area contributed by atoms with E-state index in [9.17, 15) is 0 Å². The fourth-order valence-corrected chi connectivity index (χ4v) is 4.98. The molecule has 0 atom stereocenters. The molecule has 4 rings (SSSR count). The fraction of sp³-hybridized carbons (Fsp3) is 0.417. The van der Waals surface area contributed by atoms with E-state index in [4.69, 9.17) is 0 Å². The Hall–Kier alpha value is -1.82. The summed E-state index contributed by atoms with van der Waals surface area (Å²) in [5, 5.41) is 0. The van der Waals surface area contributed by atoms with Gasteiger partial charge in [-0.25, -0.2) is 0 Å². The molecule has 24 heavy (non-hydrogen) atoms. The molecule has 0 aromatic heterocycles. The maximum absolute atomic E-state index is 2.45. The van der Waals surface area contributed by atoms with Crippen molar-refractivity contribution in [1.29, 1.82) is 0 Å². The van der Waals surface area contributed by atoms with E-state index in [1.807, 2.05) is 0 Å². The van der Waals surface area contributed by atoms with Crippen LogP contribution < -0.4 is 0 Å². The van der Waals surface area contributed by atoms with Gasteiger partial charge in [0.1, 0.15) is 0 Å². The summed E-state index contributed by atoms with van der Waals surface area (Å²) >= 11 is 0. The third kappa shape index (κ3) is 2.53. The van der Waals surface area contributed by atoms with Crippen molar-refractivity contribution in [3.05, 3.63) is 68.8 Å². The van der Waals surface area contributed by atoms with Gasteiger partial charge in [-0.15, -0.1) is 0 Å². The van der Waals surface area contributed by atoms with Gasteiger partial charge in [0.05, 0.1) is 0 Å². The molecule has 0 spiro atoms. The number of hydrogen-bond donors (Lipinski definition) is 0. The number of benzene rings is 2. The largest absolute Gasteiger partial charge is 0.0561 e. The highest BCUT2D eigenvalue weighted by Gasteiger charge is 2.24. The molecule has 0 N–H and O–H groups in total. The first-order valence-corrected chi connectivity index (χ1v) is 9.47. The second kappa shape index (κ2) is 5.92. The van der Waals surface area contributed by atoms with E-state index in [0.717, 1.165) is 0 Å². The average molecular weight is 316 g/mol. The Bertz CT molecular complexity index is 777. The topological polar surface area (TPSA) is 0 Å². The Morgan fingerprint density at radius 1 is 0.542 bits per heavy atom. The Labute approximate surface area is 146 Å². The lowest BCUT2D eigenvalue weighted by Gasteiger charge is -2.29. The van der Waals surface area contributed by atoms with Crippen LogP contribution in [0.4, 0.5) is 0 Å². The van der Waals surface area contributed by atoms with Crippen LogP contribution in [0.3, 0.4) is 0 Å². The standard InChI is InChI=1S/C24H28/c1-15-11-17(3)19-7-5-9-21(23(19)13-15)22-10-6-8-20-18(4)12-16(2)14-24(20)22/h11-14H,5-10H2,1-4H3/b22-21-. The predicted molar refractivity (Wildman–Crippen MR) is 105 cm³/mol. The van der Waals surface area contributed by atoms with Crippen molar-refractivity contribution in [1.82, 2.24) is 0 Å². The van der Waals surface area contributed by atoms with E-state index in [1.54, 1.807) is 33.4 Å². The van der Waals surface area contributed by atoms with E-state index in [-0.39, 0.29) is 0 Å². The van der Waals surface area contributed by atoms with Crippen molar-refractivity contribution < 1.29 is 0 Å². The van der Waals surface area contributed by atoms with Gasteiger partial charge in [0.15, 0.2) is 0 Å². The van der Waals surface area contributed by atoms with Crippen LogP contribution in [0.1, 0.15) is 70.2 Å².